The van der Waals surface area contributed by atoms with Crippen molar-refractivity contribution < 1.29 is 107 Å². The summed E-state index contributed by atoms with van der Waals surface area (Å²) in [6.07, 6.45) is 2.76. The molecule has 15 atom stereocenters. The molecule has 0 radical (unpaired) electrons. The Bertz CT molecular complexity index is 5270. The van der Waals surface area contributed by atoms with E-state index in [0.717, 1.165) is 14.7 Å². The zero-order valence-electron chi connectivity index (χ0n) is 76.1. The van der Waals surface area contributed by atoms with Gasteiger partial charge in [-0.3, -0.25) is 86.3 Å². The van der Waals surface area contributed by atoms with Crippen molar-refractivity contribution in [1.29, 1.82) is 0 Å². The second-order valence-corrected chi connectivity index (χ2v) is 35.1. The summed E-state index contributed by atoms with van der Waals surface area (Å²) in [6.45, 7) is 5.96. The lowest BCUT2D eigenvalue weighted by atomic mass is 9.97. The number of para-hydroxylation sites is 2. The Balaban J connectivity index is 1.01. The van der Waals surface area contributed by atoms with Gasteiger partial charge in [-0.1, -0.05) is 102 Å². The third-order valence-electron chi connectivity index (χ3n) is 24.6. The molecule has 43 nitrogen and oxygen atoms in total. The van der Waals surface area contributed by atoms with Crippen molar-refractivity contribution in [2.24, 2.45) is 17.4 Å². The third kappa shape index (κ3) is 27.0. The number of hydrogen-bond donors (Lipinski definition) is 18. The number of piperidine rings is 1. The van der Waals surface area contributed by atoms with Crippen LogP contribution < -0.4 is 64.6 Å². The summed E-state index contributed by atoms with van der Waals surface area (Å²) < 4.78 is 1.43. The van der Waals surface area contributed by atoms with E-state index < -0.39 is 249 Å². The zero-order valence-corrected chi connectivity index (χ0v) is 76.1. The molecule has 0 aliphatic carbocycles. The fraction of sp³-hybridized carbons (Fsp3) is 0.527. The van der Waals surface area contributed by atoms with Crippen LogP contribution in [0.1, 0.15) is 153 Å². The van der Waals surface area contributed by atoms with E-state index in [9.17, 15) is 68.4 Å². The van der Waals surface area contributed by atoms with E-state index in [2.05, 4.69) is 68.1 Å². The first kappa shape index (κ1) is 102. The van der Waals surface area contributed by atoms with Crippen molar-refractivity contribution in [1.82, 2.24) is 97.2 Å². The maximum atomic E-state index is 15.8. The molecule has 4 aliphatic rings. The van der Waals surface area contributed by atoms with E-state index in [-0.39, 0.29) is 88.2 Å². The van der Waals surface area contributed by atoms with Gasteiger partial charge in [0.15, 0.2) is 0 Å². The van der Waals surface area contributed by atoms with Crippen LogP contribution >= 0.6 is 0 Å². The number of carboxylic acid groups (broad SMARTS) is 2. The van der Waals surface area contributed by atoms with E-state index >= 15 is 38.4 Å². The summed E-state index contributed by atoms with van der Waals surface area (Å²) in [4.78, 5) is 278. The van der Waals surface area contributed by atoms with Crippen molar-refractivity contribution in [2.75, 3.05) is 46.8 Å². The van der Waals surface area contributed by atoms with E-state index in [1.165, 1.54) is 78.4 Å². The number of aliphatic hydroxyl groups excluding tert-OH is 1. The molecule has 0 bridgehead atoms. The molecule has 3 aromatic heterocycles. The minimum absolute atomic E-state index is 0.00751. The summed E-state index contributed by atoms with van der Waals surface area (Å²) in [6, 6.07) is -2.93. The molecule has 134 heavy (non-hydrogen) atoms. The van der Waals surface area contributed by atoms with E-state index in [1.54, 1.807) is 68.6 Å². The highest BCUT2D eigenvalue weighted by atomic mass is 16.4. The predicted octanol–water partition coefficient (Wildman–Crippen LogP) is -1.86. The van der Waals surface area contributed by atoms with Crippen LogP contribution in [0.5, 0.6) is 5.75 Å². The van der Waals surface area contributed by atoms with Gasteiger partial charge in [0.1, 0.15) is 96.9 Å². The number of benzene rings is 3. The van der Waals surface area contributed by atoms with Gasteiger partial charge < -0.3 is 124 Å². The van der Waals surface area contributed by atoms with Gasteiger partial charge in [-0.2, -0.15) is 0 Å². The molecule has 4 fully saturated rings. The molecular weight excluding hydrogens is 1740 g/mol. The number of aromatic hydroxyl groups is 1. The first-order valence-corrected chi connectivity index (χ1v) is 45.3. The molecule has 0 saturated carbocycles. The molecule has 1 unspecified atom stereocenters. The number of fused-ring (bicyclic) bond motifs is 5. The Morgan fingerprint density at radius 2 is 1.08 bits per heavy atom. The van der Waals surface area contributed by atoms with Gasteiger partial charge in [-0.05, 0) is 105 Å². The summed E-state index contributed by atoms with van der Waals surface area (Å²) in [5, 5.41) is 69.8. The number of carboxylic acids is 2. The number of hydrogen-bond acceptors (Lipinski definition) is 22. The first-order valence-electron chi connectivity index (χ1n) is 45.3. The molecular formula is C91H123N21O22. The number of unbranched alkanes of at least 4 members (excludes halogenated alkanes) is 2. The van der Waals surface area contributed by atoms with E-state index in [4.69, 9.17) is 11.5 Å². The Morgan fingerprint density at radius 1 is 0.530 bits per heavy atom. The number of rotatable bonds is 23. The second-order valence-electron chi connectivity index (χ2n) is 35.1. The topological polar surface area (TPSA) is 626 Å². The molecule has 43 heteroatoms. The lowest BCUT2D eigenvalue weighted by Gasteiger charge is -2.38. The van der Waals surface area contributed by atoms with Crippen molar-refractivity contribution >= 4 is 128 Å². The number of nitrogens with zero attached hydrogens (tertiary/aromatic N) is 7. The highest BCUT2D eigenvalue weighted by Crippen LogP contribution is 2.30. The highest BCUT2D eigenvalue weighted by Gasteiger charge is 2.48. The molecule has 4 saturated heterocycles. The third-order valence-corrected chi connectivity index (χ3v) is 24.6. The number of amides is 16. The van der Waals surface area contributed by atoms with Gasteiger partial charge >= 0.3 is 11.9 Å². The number of aromatic amines is 2. The maximum absolute atomic E-state index is 15.8. The van der Waals surface area contributed by atoms with Crippen LogP contribution in [0.4, 0.5) is 0 Å². The zero-order chi connectivity index (χ0) is 97.5. The molecule has 16 amide bonds. The van der Waals surface area contributed by atoms with Gasteiger partial charge in [0.2, 0.25) is 94.5 Å². The first-order chi connectivity index (χ1) is 63.8. The number of aliphatic carboxylic acids is 2. The number of aromatic nitrogens is 4. The van der Waals surface area contributed by atoms with Crippen LogP contribution in [0.15, 0.2) is 97.7 Å². The molecule has 6 aromatic rings. The van der Waals surface area contributed by atoms with Gasteiger partial charge in [0.05, 0.1) is 37.5 Å². The number of carbonyl (C=O) groups is 18. The number of aliphatic hydroxyl groups is 1. The quantitative estimate of drug-likeness (QED) is 0.0335. The molecule has 4 aliphatic heterocycles. The molecule has 0 spiro atoms. The predicted molar refractivity (Wildman–Crippen MR) is 482 cm³/mol. The molecule has 20 N–H and O–H groups in total. The number of phenols is 1. The van der Waals surface area contributed by atoms with Crippen LogP contribution in [-0.4, -0.2) is 308 Å². The van der Waals surface area contributed by atoms with Gasteiger partial charge in [-0.25, -0.2) is 4.98 Å². The molecule has 3 aromatic carbocycles. The number of primary amides is 2. The van der Waals surface area contributed by atoms with E-state index in [1.807, 2.05) is 13.8 Å². The van der Waals surface area contributed by atoms with Crippen molar-refractivity contribution in [3.63, 3.8) is 0 Å². The summed E-state index contributed by atoms with van der Waals surface area (Å²) >= 11 is 0. The van der Waals surface area contributed by atoms with Crippen molar-refractivity contribution in [3.8, 4) is 5.75 Å². The number of likely N-dealkylation sites (N-methyl/N-ethyl adjacent to an activating group) is 2. The highest BCUT2D eigenvalue weighted by molar-refractivity contribution is 6.03. The monoisotopic (exact) mass is 1860 g/mol. The largest absolute Gasteiger partial charge is 0.508 e. The number of nitrogens with one attached hydrogen (secondary N) is 12. The Morgan fingerprint density at radius 3 is 1.72 bits per heavy atom. The van der Waals surface area contributed by atoms with Gasteiger partial charge in [0, 0.05) is 113 Å². The minimum Gasteiger partial charge on any atom is -0.508 e. The summed E-state index contributed by atoms with van der Waals surface area (Å²) in [5.41, 5.74) is 14.1. The second kappa shape index (κ2) is 47.5. The number of phenolic OH excluding ortho intramolecular Hbond substituents is 1. The fourth-order valence-corrected chi connectivity index (χ4v) is 17.6. The lowest BCUT2D eigenvalue weighted by molar-refractivity contribution is -0.149. The van der Waals surface area contributed by atoms with Gasteiger partial charge in [-0.15, -0.1) is 0 Å². The Labute approximate surface area is 772 Å². The average molecular weight is 1860 g/mol. The smallest absolute Gasteiger partial charge is 0.323 e. The average Bonchev–Trinajstić information content (AvgIpc) is 1.61. The molecule has 7 heterocycles. The van der Waals surface area contributed by atoms with Crippen LogP contribution in [0.3, 0.4) is 0 Å². The van der Waals surface area contributed by atoms with Gasteiger partial charge in [0.25, 0.3) is 0 Å². The Hall–Kier alpha value is -13.9. The molecule has 724 valence electrons. The van der Waals surface area contributed by atoms with Crippen molar-refractivity contribution in [3.05, 3.63) is 120 Å². The van der Waals surface area contributed by atoms with Crippen LogP contribution in [0.2, 0.25) is 0 Å². The standard InChI is InChI=1S/C91H123N21O22/c1-8-10-22-69-83(126)100-60(33-49(3)4)81(124)106-67(78(93)121)43-94-44-75(116)99-63(34-51-27-29-55(113)30-28-51)88(131)110-31-17-16-25-70(110)85(128)105-65(39-74(92)115)89(132)111-32-18-26-71(111)84(127)102-62(37-54-42-95-48-97-54)82(125)104-66(40-76(117)118)90(133)112-46-56(114)38-73(112)86(129)101-61(35-52-41-96-59-21-14-12-19-57(52)59)80(123)98-50(5)79(122)103-64(87(130)108(7)72(23-11-9-2)91(134)107(69)6)36-53-45-109(47-77(119)120)68-24-15-13-20-58(53)68/h12-15,19-21,24,27-30,41-42,45,48-50,56,60-67,69-73,94,96,113-114H,8-11,16-18,22-23,25-26,31-40,43-44,46-47H2,1-7H3,(H2,92,115)(H2,93,121)(H,95,97)(H,98,123)(H,99,116)(H,100,126)(H,101,129)(H,102,127)(H,103,122)(H,104,125)(H,105,128)(H,106,124)(H,117,118)(H,119,120)/t50-,56+,60-,61-,62-,63-,64-,65-,66-,67-,69-,70-,71?,72-,73-/m0/s1. The lowest BCUT2D eigenvalue weighted by Crippen LogP contribution is -2.62. The van der Waals surface area contributed by atoms with Crippen molar-refractivity contribution in [2.45, 2.75) is 254 Å². The number of H-pyrrole nitrogens is 2. The van der Waals surface area contributed by atoms with Crippen LogP contribution in [-0.2, 0) is 119 Å². The SMILES string of the molecule is CCCC[C@H]1C(=O)N(C)[C@@H](CCCC)C(=O)N[C@@H](CC(C)C)C(=O)N[C@H](C(N)=O)CNCC(=O)N[C@@H](Cc2ccc(O)cc2)C(=O)N2CCCC[C@H]2C(=O)N[C@@H](CC(N)=O)C(=O)N2CCCC2C(=O)N[C@@H](Cc2c[nH]cn2)C(=O)N[C@@H](CC(=O)O)C(=O)N2C[C@H](O)C[C@H]2C(=O)N[C@@H](Cc2c[nH]c3ccccc23)C(=O)N[C@@H](C)C(=O)N[C@@H](Cc2cn(CC(=O)O)c3ccccc23)C(=O)N1C. The van der Waals surface area contributed by atoms with Crippen LogP contribution in [0.25, 0.3) is 21.8 Å². The number of nitrogens with two attached hydrogens (primary N) is 2. The minimum atomic E-state index is -2.07. The summed E-state index contributed by atoms with van der Waals surface area (Å²) in [5.74, 6) is -18.8. The Kier molecular flexibility index (Phi) is 36.2. The maximum Gasteiger partial charge on any atom is 0.323 e. The van der Waals surface area contributed by atoms with E-state index in [0.29, 0.717) is 77.0 Å². The number of carbonyl (C=O) groups excluding carboxylic acids is 16. The fourth-order valence-electron chi connectivity index (χ4n) is 17.6. The van der Waals surface area contributed by atoms with Crippen LogP contribution in [0, 0.1) is 5.92 Å². The number of imidazole rings is 1. The molecule has 10 rings (SSSR count). The summed E-state index contributed by atoms with van der Waals surface area (Å²) in [7, 11) is 2.70. The normalized spacial score (nSPS) is 25.4.